The fourth-order valence-corrected chi connectivity index (χ4v) is 5.80. The normalized spacial score (nSPS) is 15.0. The van der Waals surface area contributed by atoms with E-state index in [0.29, 0.717) is 17.4 Å². The van der Waals surface area contributed by atoms with Crippen molar-refractivity contribution in [2.45, 2.75) is 148 Å². The summed E-state index contributed by atoms with van der Waals surface area (Å²) in [5.41, 5.74) is 0. The minimum absolute atomic E-state index is 0.0132. The number of carbonyl (C=O) groups is 2. The summed E-state index contributed by atoms with van der Waals surface area (Å²) in [7, 11) is 1.32. The zero-order valence-corrected chi connectivity index (χ0v) is 35.9. The van der Waals surface area contributed by atoms with Gasteiger partial charge in [0, 0.05) is 12.8 Å². The quantitative estimate of drug-likeness (QED) is 0.0159. The molecule has 11 heteroatoms. The Bertz CT molecular complexity index is 1190. The maximum atomic E-state index is 12.7. The van der Waals surface area contributed by atoms with E-state index < -0.39 is 38.6 Å². The van der Waals surface area contributed by atoms with E-state index in [1.165, 1.54) is 44.9 Å². The molecule has 0 saturated carbocycles. The number of likely N-dealkylation sites (N-methyl/N-ethyl adjacent to an activating group) is 1. The molecular weight excluding hydrogens is 717 g/mol. The molecule has 0 heterocycles. The van der Waals surface area contributed by atoms with E-state index in [0.717, 1.165) is 51.4 Å². The second kappa shape index (κ2) is 35.8. The van der Waals surface area contributed by atoms with E-state index >= 15 is 0 Å². The summed E-state index contributed by atoms with van der Waals surface area (Å²) in [6.07, 6.45) is 40.0. The Morgan fingerprint density at radius 3 is 1.73 bits per heavy atom. The highest BCUT2D eigenvalue weighted by Crippen LogP contribution is 2.43. The molecule has 0 bridgehead atoms. The van der Waals surface area contributed by atoms with E-state index in [2.05, 4.69) is 62.5 Å². The molecular formula is C44H77NO9P+. The molecule has 0 aliphatic rings. The number of phosphoric ester groups is 1. The number of esters is 2. The second-order valence-electron chi connectivity index (χ2n) is 14.8. The molecule has 0 rings (SSSR count). The highest BCUT2D eigenvalue weighted by atomic mass is 31.2. The number of phosphoric acid groups is 1. The van der Waals surface area contributed by atoms with Crippen LogP contribution in [0.2, 0.25) is 0 Å². The number of carbonyl (C=O) groups excluding carboxylic acids is 2. The lowest BCUT2D eigenvalue weighted by atomic mass is 10.1. The monoisotopic (exact) mass is 795 g/mol. The molecule has 0 spiro atoms. The third-order valence-corrected chi connectivity index (χ3v) is 9.35. The fraction of sp³-hybridized carbons (Fsp3) is 0.682. The fourth-order valence-electron chi connectivity index (χ4n) is 5.06. The number of unbranched alkanes of at least 4 members (excludes halogenated alkanes) is 10. The molecule has 2 N–H and O–H groups in total. The Morgan fingerprint density at radius 2 is 1.18 bits per heavy atom. The Labute approximate surface area is 334 Å². The summed E-state index contributed by atoms with van der Waals surface area (Å²) in [5.74, 6) is -1.09. The van der Waals surface area contributed by atoms with Crippen LogP contribution in [0.1, 0.15) is 136 Å². The molecule has 0 fully saturated rings. The van der Waals surface area contributed by atoms with Gasteiger partial charge in [0.1, 0.15) is 19.8 Å². The summed E-state index contributed by atoms with van der Waals surface area (Å²) in [5, 5.41) is 10.3. The van der Waals surface area contributed by atoms with Crippen molar-refractivity contribution in [1.82, 2.24) is 0 Å². The topological polar surface area (TPSA) is 129 Å². The van der Waals surface area contributed by atoms with Crippen LogP contribution in [-0.2, 0) is 32.7 Å². The van der Waals surface area contributed by atoms with Crippen molar-refractivity contribution in [3.8, 4) is 0 Å². The summed E-state index contributed by atoms with van der Waals surface area (Å²) < 4.78 is 34.0. The summed E-state index contributed by atoms with van der Waals surface area (Å²) in [6.45, 7) is 3.99. The molecule has 0 aromatic heterocycles. The SMILES string of the molecule is CC/C=C\C/C=C\C/C=C\C/C=C\C/C=C\C=C/C(O)CCC(=O)O[C@H](COC(=O)CCCCCCCCCCCCC)COP(=O)(O)OCC[N+](C)(C)C. The average molecular weight is 795 g/mol. The predicted octanol–water partition coefficient (Wildman–Crippen LogP) is 10.4. The lowest BCUT2D eigenvalue weighted by Gasteiger charge is -2.24. The number of aliphatic hydroxyl groups excluding tert-OH is 1. The highest BCUT2D eigenvalue weighted by molar-refractivity contribution is 7.47. The van der Waals surface area contributed by atoms with Gasteiger partial charge in [-0.05, 0) is 44.9 Å². The van der Waals surface area contributed by atoms with Crippen molar-refractivity contribution in [2.24, 2.45) is 0 Å². The molecule has 0 aliphatic heterocycles. The van der Waals surface area contributed by atoms with Crippen molar-refractivity contribution in [3.05, 3.63) is 72.9 Å². The Morgan fingerprint density at radius 1 is 0.655 bits per heavy atom. The predicted molar refractivity (Wildman–Crippen MR) is 225 cm³/mol. The third-order valence-electron chi connectivity index (χ3n) is 8.37. The number of ether oxygens (including phenoxy) is 2. The maximum absolute atomic E-state index is 12.7. The molecule has 0 aliphatic carbocycles. The Balaban J connectivity index is 4.66. The zero-order chi connectivity index (χ0) is 40.9. The van der Waals surface area contributed by atoms with Crippen LogP contribution >= 0.6 is 7.82 Å². The molecule has 2 unspecified atom stereocenters. The van der Waals surface area contributed by atoms with Gasteiger partial charge in [-0.2, -0.15) is 0 Å². The average Bonchev–Trinajstić information content (AvgIpc) is 3.13. The smallest absolute Gasteiger partial charge is 0.462 e. The number of nitrogens with zero attached hydrogens (tertiary/aromatic N) is 1. The van der Waals surface area contributed by atoms with E-state index in [-0.39, 0.29) is 32.5 Å². The molecule has 10 nitrogen and oxygen atoms in total. The number of hydrogen-bond acceptors (Lipinski definition) is 8. The number of allylic oxidation sites excluding steroid dienone is 11. The summed E-state index contributed by atoms with van der Waals surface area (Å²) in [4.78, 5) is 35.3. The van der Waals surface area contributed by atoms with E-state index in [9.17, 15) is 24.2 Å². The molecule has 0 aromatic rings. The largest absolute Gasteiger partial charge is 0.472 e. The van der Waals surface area contributed by atoms with E-state index in [1.807, 2.05) is 33.3 Å². The first kappa shape index (κ1) is 52.4. The van der Waals surface area contributed by atoms with Crippen LogP contribution in [0.25, 0.3) is 0 Å². The van der Waals surface area contributed by atoms with Gasteiger partial charge in [0.2, 0.25) is 0 Å². The van der Waals surface area contributed by atoms with Gasteiger partial charge in [-0.15, -0.1) is 0 Å². The number of aliphatic hydroxyl groups is 1. The minimum atomic E-state index is -4.44. The first-order valence-corrected chi connectivity index (χ1v) is 22.3. The Kier molecular flexibility index (Phi) is 34.1. The van der Waals surface area contributed by atoms with Crippen LogP contribution in [0, 0.1) is 0 Å². The van der Waals surface area contributed by atoms with Gasteiger partial charge in [-0.3, -0.25) is 18.6 Å². The van der Waals surface area contributed by atoms with Gasteiger partial charge < -0.3 is 24.0 Å². The first-order chi connectivity index (χ1) is 26.4. The first-order valence-electron chi connectivity index (χ1n) is 20.8. The van der Waals surface area contributed by atoms with Gasteiger partial charge in [-0.25, -0.2) is 4.57 Å². The lowest BCUT2D eigenvalue weighted by molar-refractivity contribution is -0.870. The van der Waals surface area contributed by atoms with Crippen molar-refractivity contribution < 1.29 is 47.2 Å². The van der Waals surface area contributed by atoms with Gasteiger partial charge >= 0.3 is 19.8 Å². The van der Waals surface area contributed by atoms with Gasteiger partial charge in [0.15, 0.2) is 6.10 Å². The zero-order valence-electron chi connectivity index (χ0n) is 35.0. The van der Waals surface area contributed by atoms with Gasteiger partial charge in [0.05, 0.1) is 33.9 Å². The van der Waals surface area contributed by atoms with Crippen molar-refractivity contribution in [1.29, 1.82) is 0 Å². The molecule has 0 saturated heterocycles. The molecule has 0 aromatic carbocycles. The number of hydrogen-bond donors (Lipinski definition) is 2. The second-order valence-corrected chi connectivity index (χ2v) is 16.3. The molecule has 55 heavy (non-hydrogen) atoms. The maximum Gasteiger partial charge on any atom is 0.472 e. The van der Waals surface area contributed by atoms with E-state index in [1.54, 1.807) is 12.2 Å². The standard InChI is InChI=1S/C44H76NO9P/c1-6-8-10-12-14-16-18-19-20-21-22-24-25-27-29-31-33-41(46)35-36-44(48)54-42(40-53-55(49,50)52-38-37-45(3,4)5)39-51-43(47)34-32-30-28-26-23-17-15-13-11-9-7-2/h8,10,14,16,19-20,22,24,27,29,31,33,41-42,46H,6-7,9,11-13,15,17-18,21,23,25-26,28,30,32,34-40H2,1-5H3/p+1/b10-8-,16-14-,20-19-,24-22-,29-27-,33-31-/t41?,42-/m1/s1. The van der Waals surface area contributed by atoms with Crippen LogP contribution in [0.4, 0.5) is 0 Å². The van der Waals surface area contributed by atoms with Crippen LogP contribution in [0.3, 0.4) is 0 Å². The van der Waals surface area contributed by atoms with Gasteiger partial charge in [-0.1, -0.05) is 151 Å². The molecule has 0 radical (unpaired) electrons. The highest BCUT2D eigenvalue weighted by Gasteiger charge is 2.27. The van der Waals surface area contributed by atoms with Crippen LogP contribution < -0.4 is 0 Å². The van der Waals surface area contributed by atoms with Gasteiger partial charge in [0.25, 0.3) is 0 Å². The minimum Gasteiger partial charge on any atom is -0.462 e. The molecule has 316 valence electrons. The van der Waals surface area contributed by atoms with Crippen LogP contribution in [0.15, 0.2) is 72.9 Å². The molecule has 3 atom stereocenters. The third kappa shape index (κ3) is 39.4. The summed E-state index contributed by atoms with van der Waals surface area (Å²) >= 11 is 0. The Hall–Kier alpha value is -2.59. The number of rotatable bonds is 36. The molecule has 0 amide bonds. The number of quaternary nitrogens is 1. The summed E-state index contributed by atoms with van der Waals surface area (Å²) in [6, 6.07) is 0. The lowest BCUT2D eigenvalue weighted by Crippen LogP contribution is -2.37. The van der Waals surface area contributed by atoms with Crippen molar-refractivity contribution in [2.75, 3.05) is 47.5 Å². The van der Waals surface area contributed by atoms with Crippen molar-refractivity contribution in [3.63, 3.8) is 0 Å². The van der Waals surface area contributed by atoms with Crippen LogP contribution in [-0.4, -0.2) is 86.1 Å². The van der Waals surface area contributed by atoms with Crippen molar-refractivity contribution >= 4 is 19.8 Å². The van der Waals surface area contributed by atoms with E-state index in [4.69, 9.17) is 18.5 Å². The van der Waals surface area contributed by atoms with Crippen LogP contribution in [0.5, 0.6) is 0 Å².